The van der Waals surface area contributed by atoms with Crippen LogP contribution >= 0.6 is 0 Å². The van der Waals surface area contributed by atoms with E-state index in [9.17, 15) is 0 Å². The van der Waals surface area contributed by atoms with E-state index >= 15 is 0 Å². The summed E-state index contributed by atoms with van der Waals surface area (Å²) < 4.78 is 0. The first kappa shape index (κ1) is 8.27. The van der Waals surface area contributed by atoms with Gasteiger partial charge in [-0.3, -0.25) is 0 Å². The van der Waals surface area contributed by atoms with Gasteiger partial charge in [-0.25, -0.2) is 0 Å². The topological polar surface area (TPSA) is 23.9 Å². The summed E-state index contributed by atoms with van der Waals surface area (Å²) in [4.78, 5) is 0. The van der Waals surface area contributed by atoms with Crippen LogP contribution in [0.2, 0.25) is 0 Å². The molecular formula is C6H12LiN. The first-order chi connectivity index (χ1) is 3.39. The zero-order valence-electron chi connectivity index (χ0n) is 4.54. The number of nitrogens with one attached hydrogen (secondary N) is 1. The Morgan fingerprint density at radius 3 is 1.75 bits per heavy atom. The Morgan fingerprint density at radius 2 is 1.50 bits per heavy atom. The first-order valence-electron chi connectivity index (χ1n) is 2.96. The molecule has 1 N–H and O–H groups in total. The molecule has 1 fully saturated rings. The van der Waals surface area contributed by atoms with Crippen molar-refractivity contribution in [1.82, 2.24) is 0 Å². The van der Waals surface area contributed by atoms with Crippen LogP contribution < -0.4 is 0 Å². The van der Waals surface area contributed by atoms with Crippen molar-refractivity contribution in [3.8, 4) is 0 Å². The third-order valence-electron chi connectivity index (χ3n) is 1.46. The van der Waals surface area contributed by atoms with Gasteiger partial charge in [0.05, 0.1) is 0 Å². The van der Waals surface area contributed by atoms with E-state index in [2.05, 4.69) is 0 Å². The maximum absolute atomic E-state index is 7.19. The normalized spacial score (nSPS) is 19.8. The van der Waals surface area contributed by atoms with E-state index < -0.39 is 0 Å². The van der Waals surface area contributed by atoms with Gasteiger partial charge in [0.15, 0.2) is 0 Å². The summed E-state index contributed by atoms with van der Waals surface area (Å²) in [5.41, 5.74) is 0.964. The molecule has 0 unspecified atom stereocenters. The van der Waals surface area contributed by atoms with Crippen molar-refractivity contribution in [3.05, 3.63) is 0 Å². The third kappa shape index (κ3) is 2.54. The number of hydrogen-bond acceptors (Lipinski definition) is 1. The molecule has 0 aromatic carbocycles. The van der Waals surface area contributed by atoms with Gasteiger partial charge in [-0.1, -0.05) is 6.42 Å². The van der Waals surface area contributed by atoms with Crippen molar-refractivity contribution in [2.24, 2.45) is 0 Å². The van der Waals surface area contributed by atoms with Crippen molar-refractivity contribution >= 4 is 24.6 Å². The summed E-state index contributed by atoms with van der Waals surface area (Å²) in [5, 5.41) is 7.19. The van der Waals surface area contributed by atoms with Crippen molar-refractivity contribution in [3.63, 3.8) is 0 Å². The molecule has 0 saturated heterocycles. The zero-order valence-corrected chi connectivity index (χ0v) is 4.54. The fraction of sp³-hybridized carbons (Fsp3) is 0.833. The van der Waals surface area contributed by atoms with Crippen LogP contribution in [-0.4, -0.2) is 24.6 Å². The van der Waals surface area contributed by atoms with Crippen LogP contribution in [0.15, 0.2) is 0 Å². The van der Waals surface area contributed by atoms with Crippen LogP contribution in [0, 0.1) is 5.41 Å². The fourth-order valence-electron chi connectivity index (χ4n) is 0.979. The summed E-state index contributed by atoms with van der Waals surface area (Å²) in [5.74, 6) is 0. The fourth-order valence-corrected chi connectivity index (χ4v) is 0.979. The van der Waals surface area contributed by atoms with Crippen LogP contribution in [0.3, 0.4) is 0 Å². The summed E-state index contributed by atoms with van der Waals surface area (Å²) in [6.45, 7) is 0. The number of rotatable bonds is 0. The van der Waals surface area contributed by atoms with Gasteiger partial charge in [0.1, 0.15) is 0 Å². The van der Waals surface area contributed by atoms with E-state index in [-0.39, 0.29) is 18.9 Å². The van der Waals surface area contributed by atoms with Gasteiger partial charge in [-0.2, -0.15) is 0 Å². The van der Waals surface area contributed by atoms with E-state index in [0.29, 0.717) is 0 Å². The molecule has 0 heterocycles. The summed E-state index contributed by atoms with van der Waals surface area (Å²) >= 11 is 0. The molecule has 1 aliphatic carbocycles. The molecule has 0 aromatic rings. The third-order valence-corrected chi connectivity index (χ3v) is 1.46. The number of hydrogen-bond donors (Lipinski definition) is 1. The summed E-state index contributed by atoms with van der Waals surface area (Å²) in [6, 6.07) is 0. The Kier molecular flexibility index (Phi) is 4.32. The van der Waals surface area contributed by atoms with E-state index in [1.54, 1.807) is 0 Å². The average Bonchev–Trinajstić information content (AvgIpc) is 1.69. The van der Waals surface area contributed by atoms with Crippen molar-refractivity contribution in [2.75, 3.05) is 0 Å². The molecule has 42 valence electrons. The van der Waals surface area contributed by atoms with Gasteiger partial charge in [-0.05, 0) is 25.7 Å². The Labute approximate surface area is 62.5 Å². The van der Waals surface area contributed by atoms with Gasteiger partial charge < -0.3 is 5.41 Å². The zero-order chi connectivity index (χ0) is 5.11. The predicted octanol–water partition coefficient (Wildman–Crippen LogP) is 1.32. The Hall–Kier alpha value is 0.267. The Morgan fingerprint density at radius 1 is 1.00 bits per heavy atom. The molecule has 2 heteroatoms. The molecule has 0 aliphatic heterocycles. The summed E-state index contributed by atoms with van der Waals surface area (Å²) in [6.07, 6.45) is 6.01. The SMILES string of the molecule is N=C1CCCCC1.[LiH]. The minimum atomic E-state index is 0. The van der Waals surface area contributed by atoms with E-state index in [1.807, 2.05) is 0 Å². The molecule has 0 amide bonds. The van der Waals surface area contributed by atoms with Gasteiger partial charge in [0, 0.05) is 5.71 Å². The Bertz CT molecular complexity index is 72.6. The van der Waals surface area contributed by atoms with Crippen molar-refractivity contribution < 1.29 is 0 Å². The van der Waals surface area contributed by atoms with E-state index in [4.69, 9.17) is 5.41 Å². The molecule has 8 heavy (non-hydrogen) atoms. The summed E-state index contributed by atoms with van der Waals surface area (Å²) in [7, 11) is 0. The minimum absolute atomic E-state index is 0. The average molecular weight is 105 g/mol. The van der Waals surface area contributed by atoms with Crippen LogP contribution in [0.4, 0.5) is 0 Å². The van der Waals surface area contributed by atoms with Crippen LogP contribution in [0.1, 0.15) is 32.1 Å². The van der Waals surface area contributed by atoms with Gasteiger partial charge in [-0.15, -0.1) is 0 Å². The van der Waals surface area contributed by atoms with Crippen molar-refractivity contribution in [2.45, 2.75) is 32.1 Å². The molecule has 0 spiro atoms. The van der Waals surface area contributed by atoms with Crippen molar-refractivity contribution in [1.29, 1.82) is 5.41 Å². The second-order valence-corrected chi connectivity index (χ2v) is 2.16. The Balaban J connectivity index is 0.000000490. The quantitative estimate of drug-likeness (QED) is 0.449. The monoisotopic (exact) mass is 105 g/mol. The first-order valence-corrected chi connectivity index (χ1v) is 2.96. The molecule has 0 radical (unpaired) electrons. The standard InChI is InChI=1S/C6H11N.Li.H/c7-6-4-2-1-3-5-6;;/h7H,1-5H2;;. The second-order valence-electron chi connectivity index (χ2n) is 2.16. The van der Waals surface area contributed by atoms with Gasteiger partial charge in [0.25, 0.3) is 0 Å². The predicted molar refractivity (Wildman–Crippen MR) is 38.0 cm³/mol. The molecule has 1 rings (SSSR count). The molecule has 1 saturated carbocycles. The van der Waals surface area contributed by atoms with Crippen LogP contribution in [-0.2, 0) is 0 Å². The van der Waals surface area contributed by atoms with E-state index in [1.165, 1.54) is 19.3 Å². The van der Waals surface area contributed by atoms with Crippen LogP contribution in [0.25, 0.3) is 0 Å². The van der Waals surface area contributed by atoms with Crippen LogP contribution in [0.5, 0.6) is 0 Å². The molecular weight excluding hydrogens is 93.0 g/mol. The molecule has 1 nitrogen and oxygen atoms in total. The maximum atomic E-state index is 7.19. The molecule has 1 aliphatic rings. The van der Waals surface area contributed by atoms with Gasteiger partial charge in [0.2, 0.25) is 0 Å². The molecule has 0 bridgehead atoms. The van der Waals surface area contributed by atoms with Gasteiger partial charge >= 0.3 is 18.9 Å². The molecule has 0 atom stereocenters. The molecule has 0 aromatic heterocycles. The van der Waals surface area contributed by atoms with E-state index in [0.717, 1.165) is 18.6 Å². The second kappa shape index (κ2) is 4.18.